The number of hydrogen-bond acceptors (Lipinski definition) is 3. The molecule has 0 unspecified atom stereocenters. The average molecular weight is 317 g/mol. The van der Waals surface area contributed by atoms with Gasteiger partial charge in [0.15, 0.2) is 0 Å². The Morgan fingerprint density at radius 2 is 1.91 bits per heavy atom. The van der Waals surface area contributed by atoms with Crippen LogP contribution >= 0.6 is 0 Å². The number of rotatable bonds is 6. The van der Waals surface area contributed by atoms with Gasteiger partial charge < -0.3 is 16.0 Å². The third kappa shape index (κ3) is 6.02. The lowest BCUT2D eigenvalue weighted by Crippen LogP contribution is -2.37. The van der Waals surface area contributed by atoms with Crippen LogP contribution in [0.4, 0.5) is 5.69 Å². The SMILES string of the molecule is CC(C)NC(=O)c1cccc(NC(=O)CNC2CCCCC2)c1. The van der Waals surface area contributed by atoms with Crippen molar-refractivity contribution >= 4 is 17.5 Å². The van der Waals surface area contributed by atoms with Gasteiger partial charge in [-0.1, -0.05) is 25.3 Å². The Bertz CT molecular complexity index is 537. The molecule has 0 aromatic heterocycles. The first-order chi connectivity index (χ1) is 11.0. The Morgan fingerprint density at radius 3 is 2.61 bits per heavy atom. The summed E-state index contributed by atoms with van der Waals surface area (Å²) in [6.07, 6.45) is 6.09. The molecule has 2 amide bonds. The minimum absolute atomic E-state index is 0.0722. The molecule has 1 fully saturated rings. The number of hydrogen-bond donors (Lipinski definition) is 3. The summed E-state index contributed by atoms with van der Waals surface area (Å²) in [4.78, 5) is 24.0. The maximum atomic E-state index is 12.0. The van der Waals surface area contributed by atoms with Gasteiger partial charge in [-0.2, -0.15) is 0 Å². The molecule has 5 nitrogen and oxygen atoms in total. The first kappa shape index (κ1) is 17.5. The predicted molar refractivity (Wildman–Crippen MR) is 92.5 cm³/mol. The normalized spacial score (nSPS) is 15.4. The molecule has 3 N–H and O–H groups in total. The van der Waals surface area contributed by atoms with E-state index in [0.29, 0.717) is 23.8 Å². The Labute approximate surface area is 138 Å². The van der Waals surface area contributed by atoms with Crippen LogP contribution in [0.25, 0.3) is 0 Å². The maximum Gasteiger partial charge on any atom is 0.251 e. The zero-order valence-corrected chi connectivity index (χ0v) is 14.0. The van der Waals surface area contributed by atoms with Gasteiger partial charge in [0.1, 0.15) is 0 Å². The van der Waals surface area contributed by atoms with Crippen molar-refractivity contribution in [1.82, 2.24) is 10.6 Å². The molecule has 126 valence electrons. The van der Waals surface area contributed by atoms with E-state index in [0.717, 1.165) is 12.8 Å². The quantitative estimate of drug-likeness (QED) is 0.755. The molecule has 0 aliphatic heterocycles. The van der Waals surface area contributed by atoms with Gasteiger partial charge in [-0.3, -0.25) is 9.59 Å². The summed E-state index contributed by atoms with van der Waals surface area (Å²) >= 11 is 0. The summed E-state index contributed by atoms with van der Waals surface area (Å²) in [5.74, 6) is -0.201. The zero-order valence-electron chi connectivity index (χ0n) is 14.0. The Kier molecular flexibility index (Phi) is 6.59. The van der Waals surface area contributed by atoms with Gasteiger partial charge in [-0.25, -0.2) is 0 Å². The molecule has 0 spiro atoms. The van der Waals surface area contributed by atoms with Crippen molar-refractivity contribution < 1.29 is 9.59 Å². The third-order valence-electron chi connectivity index (χ3n) is 3.98. The molecular formula is C18H27N3O2. The lowest BCUT2D eigenvalue weighted by Gasteiger charge is -2.22. The van der Waals surface area contributed by atoms with E-state index < -0.39 is 0 Å². The van der Waals surface area contributed by atoms with E-state index in [-0.39, 0.29) is 17.9 Å². The largest absolute Gasteiger partial charge is 0.350 e. The lowest BCUT2D eigenvalue weighted by molar-refractivity contribution is -0.115. The Balaban J connectivity index is 1.84. The van der Waals surface area contributed by atoms with Crippen LogP contribution in [0.1, 0.15) is 56.3 Å². The number of anilines is 1. The first-order valence-electron chi connectivity index (χ1n) is 8.49. The highest BCUT2D eigenvalue weighted by Gasteiger charge is 2.14. The van der Waals surface area contributed by atoms with Crippen molar-refractivity contribution in [3.8, 4) is 0 Å². The van der Waals surface area contributed by atoms with Crippen LogP contribution in [-0.4, -0.2) is 30.4 Å². The van der Waals surface area contributed by atoms with E-state index in [4.69, 9.17) is 0 Å². The molecule has 1 aromatic rings. The van der Waals surface area contributed by atoms with Crippen LogP contribution < -0.4 is 16.0 Å². The third-order valence-corrected chi connectivity index (χ3v) is 3.98. The van der Waals surface area contributed by atoms with Crippen molar-refractivity contribution in [2.24, 2.45) is 0 Å². The molecular weight excluding hydrogens is 290 g/mol. The van der Waals surface area contributed by atoms with Crippen molar-refractivity contribution in [2.45, 2.75) is 58.0 Å². The van der Waals surface area contributed by atoms with Crippen LogP contribution in [0.2, 0.25) is 0 Å². The highest BCUT2D eigenvalue weighted by Crippen LogP contribution is 2.17. The van der Waals surface area contributed by atoms with E-state index in [1.165, 1.54) is 19.3 Å². The summed E-state index contributed by atoms with van der Waals surface area (Å²) in [6.45, 7) is 4.15. The summed E-state index contributed by atoms with van der Waals surface area (Å²) in [5, 5.41) is 9.01. The second-order valence-electron chi connectivity index (χ2n) is 6.47. The molecule has 2 rings (SSSR count). The molecule has 1 aliphatic rings. The maximum absolute atomic E-state index is 12.0. The molecule has 0 saturated heterocycles. The van der Waals surface area contributed by atoms with Crippen LogP contribution in [0.15, 0.2) is 24.3 Å². The van der Waals surface area contributed by atoms with Crippen molar-refractivity contribution in [2.75, 3.05) is 11.9 Å². The van der Waals surface area contributed by atoms with Gasteiger partial charge in [0.2, 0.25) is 5.91 Å². The first-order valence-corrected chi connectivity index (χ1v) is 8.49. The van der Waals surface area contributed by atoms with Crippen molar-refractivity contribution in [3.05, 3.63) is 29.8 Å². The molecule has 1 aliphatic carbocycles. The van der Waals surface area contributed by atoms with Crippen LogP contribution in [0, 0.1) is 0 Å². The number of carbonyl (C=O) groups is 2. The van der Waals surface area contributed by atoms with Gasteiger partial charge in [0.05, 0.1) is 6.54 Å². The summed E-state index contributed by atoms with van der Waals surface area (Å²) < 4.78 is 0. The average Bonchev–Trinajstić information content (AvgIpc) is 2.53. The number of benzene rings is 1. The van der Waals surface area contributed by atoms with E-state index in [1.807, 2.05) is 13.8 Å². The molecule has 1 saturated carbocycles. The highest BCUT2D eigenvalue weighted by molar-refractivity contribution is 5.97. The molecule has 5 heteroatoms. The fourth-order valence-corrected chi connectivity index (χ4v) is 2.83. The minimum Gasteiger partial charge on any atom is -0.350 e. The van der Waals surface area contributed by atoms with Gasteiger partial charge >= 0.3 is 0 Å². The summed E-state index contributed by atoms with van der Waals surface area (Å²) in [7, 11) is 0. The minimum atomic E-state index is -0.128. The molecule has 1 aromatic carbocycles. The zero-order chi connectivity index (χ0) is 16.7. The van der Waals surface area contributed by atoms with Crippen molar-refractivity contribution in [1.29, 1.82) is 0 Å². The second kappa shape index (κ2) is 8.67. The van der Waals surface area contributed by atoms with Crippen LogP contribution in [0.3, 0.4) is 0 Å². The topological polar surface area (TPSA) is 70.2 Å². The molecule has 0 bridgehead atoms. The van der Waals surface area contributed by atoms with E-state index in [9.17, 15) is 9.59 Å². The van der Waals surface area contributed by atoms with Crippen molar-refractivity contribution in [3.63, 3.8) is 0 Å². The monoisotopic (exact) mass is 317 g/mol. The van der Waals surface area contributed by atoms with Crippen LogP contribution in [-0.2, 0) is 4.79 Å². The number of nitrogens with one attached hydrogen (secondary N) is 3. The molecule has 0 heterocycles. The van der Waals surface area contributed by atoms with Gasteiger partial charge in [-0.05, 0) is 44.9 Å². The fourth-order valence-electron chi connectivity index (χ4n) is 2.83. The van der Waals surface area contributed by atoms with E-state index >= 15 is 0 Å². The highest BCUT2D eigenvalue weighted by atomic mass is 16.2. The van der Waals surface area contributed by atoms with E-state index in [1.54, 1.807) is 24.3 Å². The van der Waals surface area contributed by atoms with Gasteiger partial charge in [0.25, 0.3) is 5.91 Å². The molecule has 0 atom stereocenters. The fraction of sp³-hybridized carbons (Fsp3) is 0.556. The molecule has 0 radical (unpaired) electrons. The smallest absolute Gasteiger partial charge is 0.251 e. The van der Waals surface area contributed by atoms with Gasteiger partial charge in [0, 0.05) is 23.3 Å². The Hall–Kier alpha value is -1.88. The number of amides is 2. The molecule has 23 heavy (non-hydrogen) atoms. The standard InChI is InChI=1S/C18H27N3O2/c1-13(2)20-18(23)14-7-6-10-16(11-14)21-17(22)12-19-15-8-4-3-5-9-15/h6-7,10-11,13,15,19H,3-5,8-9,12H2,1-2H3,(H,20,23)(H,21,22). The van der Waals surface area contributed by atoms with E-state index in [2.05, 4.69) is 16.0 Å². The lowest BCUT2D eigenvalue weighted by atomic mass is 9.95. The Morgan fingerprint density at radius 1 is 1.17 bits per heavy atom. The summed E-state index contributed by atoms with van der Waals surface area (Å²) in [6, 6.07) is 7.56. The predicted octanol–water partition coefficient (Wildman–Crippen LogP) is 2.69. The van der Waals surface area contributed by atoms with Gasteiger partial charge in [-0.15, -0.1) is 0 Å². The summed E-state index contributed by atoms with van der Waals surface area (Å²) in [5.41, 5.74) is 1.20. The van der Waals surface area contributed by atoms with Crippen LogP contribution in [0.5, 0.6) is 0 Å². The second-order valence-corrected chi connectivity index (χ2v) is 6.47. The number of carbonyl (C=O) groups excluding carboxylic acids is 2.